The Morgan fingerprint density at radius 3 is 0.974 bits per heavy atom. The van der Waals surface area contributed by atoms with Gasteiger partial charge < -0.3 is 48.6 Å². The normalized spacial score (nSPS) is 11.2. The second-order valence-corrected chi connectivity index (χ2v) is 30.7. The lowest BCUT2D eigenvalue weighted by Gasteiger charge is -2.06. The van der Waals surface area contributed by atoms with Crippen LogP contribution in [0.5, 0.6) is 0 Å². The van der Waals surface area contributed by atoms with Crippen molar-refractivity contribution in [1.29, 1.82) is 0 Å². The van der Waals surface area contributed by atoms with E-state index >= 15 is 0 Å². The van der Waals surface area contributed by atoms with Crippen LogP contribution in [0.1, 0.15) is 71.8 Å². The summed E-state index contributed by atoms with van der Waals surface area (Å²) in [7, 11) is 0. The Morgan fingerprint density at radius 1 is 0.222 bits per heavy atom. The van der Waals surface area contributed by atoms with Crippen LogP contribution in [-0.4, -0.2) is 0 Å². The van der Waals surface area contributed by atoms with E-state index in [2.05, 4.69) is 0 Å². The highest BCUT2D eigenvalue weighted by molar-refractivity contribution is 7.15. The molecule has 0 unspecified atom stereocenters. The standard InChI is InChI=1S/2C19H14O3.C16H14O3.2C15H12O3.C15H12O2S/c1-11-4-6-16-14(7-11)10-18(21-16)15-9-13-5-3-12(2)8-17(13)22-19(15)20;1-11-4-6-14-10-18(21-16(14)7-11)15-9-13-5-3-12(2)8-17(13)22-19(15)20;1-9-4-5-12-11(3)15(14-7-10(2)8-18-14)16(17)19-13(12)6-9;1-9-3-5-11-8-12(13-6-4-10(2)17-13)15(16)18-14(11)7-9;1-9-3-4-11-7-12(14-6-10(2)8-17-14)15(16)18-13(11)5-9;1-9-3-5-11-8-12(14-6-4-10(2)18-14)15(16)17-13(11)7-9/h2*3-10H,1-2H3;4-8H,1-3H3;3*3-8H,1-2H3. The first kappa shape index (κ1) is 77.9. The molecule has 0 aliphatic carbocycles. The third kappa shape index (κ3) is 17.3. The predicted octanol–water partition coefficient (Wildman–Crippen LogP) is 25.1. The monoisotopic (exact) mass is 1570 g/mol. The molecule has 0 amide bonds. The molecule has 0 saturated carbocycles. The molecule has 0 aliphatic rings. The van der Waals surface area contributed by atoms with Crippen molar-refractivity contribution in [3.63, 3.8) is 0 Å². The highest BCUT2D eigenvalue weighted by Gasteiger charge is 2.20. The summed E-state index contributed by atoms with van der Waals surface area (Å²) in [6.45, 7) is 25.5. The SMILES string of the molecule is Cc1ccc2cc(-c3cc4ccc(C)cc4oc3=O)oc2c1.Cc1ccc2cc(-c3ccc(C)o3)c(=O)oc2c1.Cc1ccc2cc(-c3ccc(C)s3)c(=O)oc2c1.Cc1ccc2oc(-c3cc4ccc(C)cc4oc3=O)cc2c1.Cc1coc(-c2c(C)c3ccc(C)cc3oc2=O)c1.Cc1coc(-c2cc3ccc(C)cc3oc2=O)c1. The summed E-state index contributed by atoms with van der Waals surface area (Å²) in [5.74, 6) is 3.50. The number of hydrogen-bond donors (Lipinski definition) is 0. The number of rotatable bonds is 6. The highest BCUT2D eigenvalue weighted by Crippen LogP contribution is 2.35. The van der Waals surface area contributed by atoms with E-state index in [1.54, 1.807) is 42.1 Å². The fourth-order valence-electron chi connectivity index (χ4n) is 13.6. The Kier molecular flexibility index (Phi) is 21.7. The quantitative estimate of drug-likeness (QED) is 0.140. The molecular weight excluding hydrogens is 1490 g/mol. The van der Waals surface area contributed by atoms with E-state index in [9.17, 15) is 28.8 Å². The van der Waals surface area contributed by atoms with Crippen molar-refractivity contribution in [2.24, 2.45) is 0 Å². The number of thiophene rings is 1. The van der Waals surface area contributed by atoms with Gasteiger partial charge in [0.2, 0.25) is 0 Å². The second-order valence-electron chi connectivity index (χ2n) is 29.4. The van der Waals surface area contributed by atoms with Crippen LogP contribution in [0, 0.1) is 90.0 Å². The lowest BCUT2D eigenvalue weighted by Crippen LogP contribution is -2.05. The average molecular weight is 1570 g/mol. The first-order valence-corrected chi connectivity index (χ1v) is 38.5. The molecular formula is C99H78O17S. The molecule has 117 heavy (non-hydrogen) atoms. The van der Waals surface area contributed by atoms with Crippen LogP contribution in [0.25, 0.3) is 155 Å². The van der Waals surface area contributed by atoms with Crippen molar-refractivity contribution in [2.45, 2.75) is 90.0 Å². The summed E-state index contributed by atoms with van der Waals surface area (Å²) < 4.78 is 60.2. The number of aryl methyl sites for hydroxylation is 13. The predicted molar refractivity (Wildman–Crippen MR) is 463 cm³/mol. The minimum absolute atomic E-state index is 0.269. The summed E-state index contributed by atoms with van der Waals surface area (Å²) in [5.41, 5.74) is 17.6. The fourth-order valence-corrected chi connectivity index (χ4v) is 14.4. The summed E-state index contributed by atoms with van der Waals surface area (Å²) >= 11 is 1.61. The molecule has 18 heteroatoms. The summed E-state index contributed by atoms with van der Waals surface area (Å²) in [6.07, 6.45) is 3.25. The molecule has 12 aromatic heterocycles. The molecule has 17 nitrogen and oxygen atoms in total. The number of furan rings is 5. The molecule has 0 N–H and O–H groups in total. The van der Waals surface area contributed by atoms with Crippen molar-refractivity contribution < 1.29 is 48.6 Å². The van der Waals surface area contributed by atoms with E-state index < -0.39 is 0 Å². The van der Waals surface area contributed by atoms with Gasteiger partial charge in [0, 0.05) is 52.8 Å². The molecule has 0 spiro atoms. The minimum Gasteiger partial charge on any atom is -0.464 e. The lowest BCUT2D eigenvalue weighted by atomic mass is 10.0. The molecule has 582 valence electrons. The van der Waals surface area contributed by atoms with Crippen LogP contribution >= 0.6 is 11.3 Å². The maximum atomic E-state index is 12.3. The zero-order chi connectivity index (χ0) is 82.2. The Bertz CT molecular complexity index is 7110. The molecule has 20 aromatic rings. The maximum absolute atomic E-state index is 12.3. The molecule has 0 saturated heterocycles. The maximum Gasteiger partial charge on any atom is 0.347 e. The van der Waals surface area contributed by atoms with Gasteiger partial charge in [0.25, 0.3) is 0 Å². The smallest absolute Gasteiger partial charge is 0.347 e. The first-order chi connectivity index (χ1) is 56.1. The van der Waals surface area contributed by atoms with Crippen molar-refractivity contribution in [3.05, 3.63) is 371 Å². The van der Waals surface area contributed by atoms with Gasteiger partial charge in [0.15, 0.2) is 0 Å². The van der Waals surface area contributed by atoms with Crippen molar-refractivity contribution >= 4 is 99.1 Å². The molecule has 0 atom stereocenters. The summed E-state index contributed by atoms with van der Waals surface area (Å²) in [6, 6.07) is 71.0. The average Bonchev–Trinajstić information content (AvgIpc) is 1.46. The van der Waals surface area contributed by atoms with Gasteiger partial charge in [-0.15, -0.1) is 11.3 Å². The first-order valence-electron chi connectivity index (χ1n) is 37.7. The van der Waals surface area contributed by atoms with Crippen molar-refractivity contribution in [2.75, 3.05) is 0 Å². The van der Waals surface area contributed by atoms with Gasteiger partial charge in [-0.2, -0.15) is 0 Å². The van der Waals surface area contributed by atoms with Crippen LogP contribution in [0.15, 0.2) is 314 Å². The zero-order valence-corrected chi connectivity index (χ0v) is 67.2. The Hall–Kier alpha value is -14.4. The Balaban J connectivity index is 0.000000110. The number of benzene rings is 8. The molecule has 0 radical (unpaired) electrons. The molecule has 20 rings (SSSR count). The van der Waals surface area contributed by atoms with E-state index in [4.69, 9.17) is 48.6 Å². The van der Waals surface area contributed by atoms with Gasteiger partial charge in [-0.3, -0.25) is 0 Å². The van der Waals surface area contributed by atoms with Gasteiger partial charge in [-0.25, -0.2) is 28.8 Å². The van der Waals surface area contributed by atoms with Crippen LogP contribution in [-0.2, 0) is 0 Å². The third-order valence-corrected chi connectivity index (χ3v) is 20.7. The second kappa shape index (κ2) is 32.6. The minimum atomic E-state index is -0.381. The zero-order valence-electron chi connectivity index (χ0n) is 66.4. The molecule has 12 heterocycles. The molecule has 0 aliphatic heterocycles. The van der Waals surface area contributed by atoms with Crippen molar-refractivity contribution in [3.8, 4) is 67.1 Å². The Labute approximate surface area is 672 Å². The Morgan fingerprint density at radius 2 is 0.564 bits per heavy atom. The molecule has 0 bridgehead atoms. The van der Waals surface area contributed by atoms with E-state index in [-0.39, 0.29) is 33.8 Å². The molecule has 0 fully saturated rings. The van der Waals surface area contributed by atoms with Crippen molar-refractivity contribution in [1.82, 2.24) is 0 Å². The van der Waals surface area contributed by atoms with Gasteiger partial charge in [-0.05, 0) is 279 Å². The topological polar surface area (TPSA) is 247 Å². The van der Waals surface area contributed by atoms with E-state index in [0.717, 1.165) is 126 Å². The largest absolute Gasteiger partial charge is 0.464 e. The number of hydrogen-bond acceptors (Lipinski definition) is 18. The summed E-state index contributed by atoms with van der Waals surface area (Å²) in [5, 5.41) is 7.42. The highest BCUT2D eigenvalue weighted by atomic mass is 32.1. The van der Waals surface area contributed by atoms with Gasteiger partial charge in [-0.1, -0.05) is 96.6 Å². The van der Waals surface area contributed by atoms with E-state index in [0.29, 0.717) is 95.7 Å². The van der Waals surface area contributed by atoms with Crippen LogP contribution in [0.2, 0.25) is 0 Å². The van der Waals surface area contributed by atoms with Crippen LogP contribution < -0.4 is 33.8 Å². The fraction of sp³-hybridized carbons (Fsp3) is 0.131. The number of fused-ring (bicyclic) bond motifs is 8. The van der Waals surface area contributed by atoms with Crippen LogP contribution in [0.4, 0.5) is 0 Å². The third-order valence-electron chi connectivity index (χ3n) is 19.6. The van der Waals surface area contributed by atoms with Gasteiger partial charge >= 0.3 is 33.8 Å². The van der Waals surface area contributed by atoms with E-state index in [1.807, 2.05) is 296 Å². The van der Waals surface area contributed by atoms with Crippen LogP contribution in [0.3, 0.4) is 0 Å². The summed E-state index contributed by atoms with van der Waals surface area (Å²) in [4.78, 5) is 74.7. The van der Waals surface area contributed by atoms with Gasteiger partial charge in [0.05, 0.1) is 18.1 Å². The van der Waals surface area contributed by atoms with E-state index in [1.165, 1.54) is 4.88 Å². The lowest BCUT2D eigenvalue weighted by molar-refractivity contribution is 0.532. The molecule has 8 aromatic carbocycles. The van der Waals surface area contributed by atoms with Gasteiger partial charge in [0.1, 0.15) is 107 Å².